The van der Waals surface area contributed by atoms with Gasteiger partial charge in [0.2, 0.25) is 0 Å². The first-order chi connectivity index (χ1) is 9.43. The fourth-order valence-electron chi connectivity index (χ4n) is 2.19. The molecule has 94 valence electrons. The largest absolute Gasteiger partial charge is 0.307 e. The van der Waals surface area contributed by atoms with Gasteiger partial charge in [-0.25, -0.2) is 0 Å². The molecule has 3 nitrogen and oxygen atoms in total. The average Bonchev–Trinajstić information content (AvgIpc) is 2.49. The van der Waals surface area contributed by atoms with Crippen LogP contribution >= 0.6 is 0 Å². The van der Waals surface area contributed by atoms with Crippen LogP contribution in [-0.4, -0.2) is 9.97 Å². The lowest BCUT2D eigenvalue weighted by Gasteiger charge is -2.07. The van der Waals surface area contributed by atoms with Crippen LogP contribution in [0.1, 0.15) is 11.3 Å². The predicted molar refractivity (Wildman–Crippen MR) is 76.5 cm³/mol. The molecule has 0 unspecified atom stereocenters. The summed E-state index contributed by atoms with van der Waals surface area (Å²) < 4.78 is 0. The zero-order valence-corrected chi connectivity index (χ0v) is 10.6. The third-order valence-electron chi connectivity index (χ3n) is 3.12. The highest BCUT2D eigenvalue weighted by molar-refractivity contribution is 5.85. The topological polar surface area (TPSA) is 37.8 Å². The quantitative estimate of drug-likeness (QED) is 0.772. The third kappa shape index (κ3) is 2.77. The van der Waals surface area contributed by atoms with E-state index in [1.165, 1.54) is 16.3 Å². The van der Waals surface area contributed by atoms with Crippen molar-refractivity contribution in [3.8, 4) is 0 Å². The Morgan fingerprint density at radius 1 is 0.895 bits per heavy atom. The monoisotopic (exact) mass is 249 g/mol. The first kappa shape index (κ1) is 11.8. The number of nitrogens with one attached hydrogen (secondary N) is 1. The Hall–Kier alpha value is -2.26. The van der Waals surface area contributed by atoms with E-state index in [-0.39, 0.29) is 0 Å². The van der Waals surface area contributed by atoms with Crippen LogP contribution in [0, 0.1) is 0 Å². The van der Waals surface area contributed by atoms with Crippen molar-refractivity contribution < 1.29 is 0 Å². The molecule has 0 fully saturated rings. The second-order valence-electron chi connectivity index (χ2n) is 4.44. The van der Waals surface area contributed by atoms with E-state index in [9.17, 15) is 0 Å². The molecule has 0 bridgehead atoms. The minimum absolute atomic E-state index is 0.733. The summed E-state index contributed by atoms with van der Waals surface area (Å²) in [7, 11) is 0. The van der Waals surface area contributed by atoms with Crippen molar-refractivity contribution in [2.75, 3.05) is 0 Å². The minimum atomic E-state index is 0.733. The van der Waals surface area contributed by atoms with Gasteiger partial charge in [-0.1, -0.05) is 42.5 Å². The molecule has 0 saturated carbocycles. The smallest absolute Gasteiger partial charge is 0.0724 e. The van der Waals surface area contributed by atoms with Crippen LogP contribution in [0.25, 0.3) is 10.8 Å². The Labute approximate surface area is 112 Å². The first-order valence-corrected chi connectivity index (χ1v) is 6.36. The Morgan fingerprint density at radius 2 is 1.79 bits per heavy atom. The predicted octanol–water partition coefficient (Wildman–Crippen LogP) is 2.92. The molecule has 0 saturated heterocycles. The molecule has 0 aliphatic carbocycles. The summed E-state index contributed by atoms with van der Waals surface area (Å²) in [4.78, 5) is 8.31. The van der Waals surface area contributed by atoms with Gasteiger partial charge < -0.3 is 5.32 Å². The van der Waals surface area contributed by atoms with Gasteiger partial charge in [0.05, 0.1) is 5.69 Å². The van der Waals surface area contributed by atoms with Gasteiger partial charge >= 0.3 is 0 Å². The van der Waals surface area contributed by atoms with Crippen LogP contribution in [0.15, 0.2) is 61.1 Å². The minimum Gasteiger partial charge on any atom is -0.307 e. The summed E-state index contributed by atoms with van der Waals surface area (Å²) >= 11 is 0. The summed E-state index contributed by atoms with van der Waals surface area (Å²) in [6.07, 6.45) is 5.19. The van der Waals surface area contributed by atoms with Crippen molar-refractivity contribution in [2.45, 2.75) is 13.1 Å². The summed E-state index contributed by atoms with van der Waals surface area (Å²) in [6, 6.07) is 14.8. The highest BCUT2D eigenvalue weighted by Crippen LogP contribution is 2.18. The molecular formula is C16H15N3. The van der Waals surface area contributed by atoms with Crippen LogP contribution in [0.2, 0.25) is 0 Å². The number of nitrogens with zero attached hydrogens (tertiary/aromatic N) is 2. The van der Waals surface area contributed by atoms with Crippen LogP contribution < -0.4 is 5.32 Å². The normalized spacial score (nSPS) is 10.7. The van der Waals surface area contributed by atoms with Crippen molar-refractivity contribution in [1.82, 2.24) is 15.3 Å². The molecule has 1 aromatic heterocycles. The fraction of sp³-hybridized carbons (Fsp3) is 0.125. The molecule has 0 spiro atoms. The standard InChI is InChI=1S/C16H15N3/c1-2-7-16-13(4-1)5-3-6-14(16)10-18-12-15-11-17-8-9-19-15/h1-9,11,18H,10,12H2. The lowest BCUT2D eigenvalue weighted by molar-refractivity contribution is 0.679. The van der Waals surface area contributed by atoms with E-state index >= 15 is 0 Å². The highest BCUT2D eigenvalue weighted by atomic mass is 14.9. The molecular weight excluding hydrogens is 234 g/mol. The van der Waals surface area contributed by atoms with Gasteiger partial charge in [0, 0.05) is 31.7 Å². The third-order valence-corrected chi connectivity index (χ3v) is 3.12. The lowest BCUT2D eigenvalue weighted by Crippen LogP contribution is -2.13. The van der Waals surface area contributed by atoms with Crippen LogP contribution in [0.4, 0.5) is 0 Å². The van der Waals surface area contributed by atoms with E-state index in [1.54, 1.807) is 18.6 Å². The van der Waals surface area contributed by atoms with Crippen molar-refractivity contribution in [3.05, 3.63) is 72.3 Å². The maximum Gasteiger partial charge on any atom is 0.0724 e. The fourth-order valence-corrected chi connectivity index (χ4v) is 2.19. The van der Waals surface area contributed by atoms with Gasteiger partial charge in [-0.05, 0) is 16.3 Å². The van der Waals surface area contributed by atoms with E-state index in [2.05, 4.69) is 57.7 Å². The first-order valence-electron chi connectivity index (χ1n) is 6.36. The van der Waals surface area contributed by atoms with E-state index in [0.717, 1.165) is 18.8 Å². The van der Waals surface area contributed by atoms with Crippen molar-refractivity contribution in [3.63, 3.8) is 0 Å². The second kappa shape index (κ2) is 5.59. The number of aromatic nitrogens is 2. The van der Waals surface area contributed by atoms with E-state index < -0.39 is 0 Å². The molecule has 1 N–H and O–H groups in total. The molecule has 0 radical (unpaired) electrons. The lowest BCUT2D eigenvalue weighted by atomic mass is 10.0. The molecule has 0 atom stereocenters. The second-order valence-corrected chi connectivity index (χ2v) is 4.44. The molecule has 19 heavy (non-hydrogen) atoms. The Morgan fingerprint density at radius 3 is 2.68 bits per heavy atom. The molecule has 3 aromatic rings. The Kier molecular flexibility index (Phi) is 3.47. The molecule has 0 amide bonds. The highest BCUT2D eigenvalue weighted by Gasteiger charge is 2.00. The zero-order chi connectivity index (χ0) is 12.9. The molecule has 2 aromatic carbocycles. The average molecular weight is 249 g/mol. The van der Waals surface area contributed by atoms with Gasteiger partial charge in [0.25, 0.3) is 0 Å². The summed E-state index contributed by atoms with van der Waals surface area (Å²) in [6.45, 7) is 1.56. The van der Waals surface area contributed by atoms with Gasteiger partial charge in [-0.3, -0.25) is 9.97 Å². The van der Waals surface area contributed by atoms with Gasteiger partial charge in [0.15, 0.2) is 0 Å². The van der Waals surface area contributed by atoms with Gasteiger partial charge in [-0.2, -0.15) is 0 Å². The number of hydrogen-bond donors (Lipinski definition) is 1. The van der Waals surface area contributed by atoms with E-state index in [1.807, 2.05) is 0 Å². The maximum atomic E-state index is 4.25. The summed E-state index contributed by atoms with van der Waals surface area (Å²) in [5.74, 6) is 0. The zero-order valence-electron chi connectivity index (χ0n) is 10.6. The molecule has 3 rings (SSSR count). The van der Waals surface area contributed by atoms with Crippen LogP contribution in [-0.2, 0) is 13.1 Å². The summed E-state index contributed by atoms with van der Waals surface area (Å²) in [5.41, 5.74) is 2.27. The van der Waals surface area contributed by atoms with Crippen molar-refractivity contribution in [1.29, 1.82) is 0 Å². The van der Waals surface area contributed by atoms with Crippen molar-refractivity contribution in [2.24, 2.45) is 0 Å². The summed E-state index contributed by atoms with van der Waals surface area (Å²) in [5, 5.41) is 5.99. The van der Waals surface area contributed by atoms with Crippen LogP contribution in [0.3, 0.4) is 0 Å². The van der Waals surface area contributed by atoms with E-state index in [4.69, 9.17) is 0 Å². The van der Waals surface area contributed by atoms with Gasteiger partial charge in [-0.15, -0.1) is 0 Å². The van der Waals surface area contributed by atoms with Crippen molar-refractivity contribution >= 4 is 10.8 Å². The Balaban J connectivity index is 1.72. The van der Waals surface area contributed by atoms with E-state index in [0.29, 0.717) is 0 Å². The number of rotatable bonds is 4. The maximum absolute atomic E-state index is 4.25. The van der Waals surface area contributed by atoms with Crippen LogP contribution in [0.5, 0.6) is 0 Å². The molecule has 3 heteroatoms. The molecule has 0 aliphatic heterocycles. The SMILES string of the molecule is c1ccc2c(CNCc3cnccn3)cccc2c1. The van der Waals surface area contributed by atoms with Gasteiger partial charge in [0.1, 0.15) is 0 Å². The molecule has 0 aliphatic rings. The number of hydrogen-bond acceptors (Lipinski definition) is 3. The number of benzene rings is 2. The number of fused-ring (bicyclic) bond motifs is 1. The molecule has 1 heterocycles. The Bertz CT molecular complexity index is 660.